The zero-order valence-electron chi connectivity index (χ0n) is 13.0. The Labute approximate surface area is 130 Å². The molecule has 2 aromatic rings. The molecule has 4 heteroatoms. The van der Waals surface area contributed by atoms with Crippen LogP contribution in [-0.2, 0) is 9.53 Å². The Morgan fingerprint density at radius 2 is 1.95 bits per heavy atom. The van der Waals surface area contributed by atoms with Crippen LogP contribution in [0.25, 0.3) is 10.9 Å². The lowest BCUT2D eigenvalue weighted by molar-refractivity contribution is -0.140. The van der Waals surface area contributed by atoms with Crippen molar-refractivity contribution in [2.24, 2.45) is 0 Å². The van der Waals surface area contributed by atoms with E-state index < -0.39 is 0 Å². The third-order valence-corrected chi connectivity index (χ3v) is 4.12. The van der Waals surface area contributed by atoms with Gasteiger partial charge in [0.25, 0.3) is 0 Å². The van der Waals surface area contributed by atoms with Gasteiger partial charge in [0.1, 0.15) is 0 Å². The zero-order valence-corrected chi connectivity index (χ0v) is 13.8. The lowest BCUT2D eigenvalue weighted by Crippen LogP contribution is -2.08. The van der Waals surface area contributed by atoms with Crippen molar-refractivity contribution >= 4 is 28.6 Å². The largest absolute Gasteiger partial charge is 0.465 e. The third-order valence-electron chi connectivity index (χ3n) is 3.24. The second kappa shape index (κ2) is 6.94. The first kappa shape index (κ1) is 15.8. The number of rotatable bonds is 5. The van der Waals surface area contributed by atoms with E-state index in [0.717, 1.165) is 17.0 Å². The van der Waals surface area contributed by atoms with Crippen molar-refractivity contribution in [1.82, 2.24) is 4.98 Å². The summed E-state index contributed by atoms with van der Waals surface area (Å²) in [6.45, 7) is 8.73. The molecule has 0 aliphatic heterocycles. The predicted molar refractivity (Wildman–Crippen MR) is 87.9 cm³/mol. The van der Waals surface area contributed by atoms with Gasteiger partial charge in [-0.15, -0.1) is 0 Å². The average molecular weight is 303 g/mol. The Kier molecular flexibility index (Phi) is 5.23. The van der Waals surface area contributed by atoms with E-state index in [0.29, 0.717) is 12.4 Å². The van der Waals surface area contributed by atoms with Crippen LogP contribution in [0.2, 0.25) is 0 Å². The van der Waals surface area contributed by atoms with Gasteiger partial charge in [0.15, 0.2) is 0 Å². The summed E-state index contributed by atoms with van der Waals surface area (Å²) in [5.41, 5.74) is 4.62. The van der Waals surface area contributed by atoms with Gasteiger partial charge in [-0.05, 0) is 50.5 Å². The number of aryl methyl sites for hydroxylation is 3. The second-order valence-electron chi connectivity index (χ2n) is 5.26. The molecule has 0 amide bonds. The molecule has 0 atom stereocenters. The Morgan fingerprint density at radius 3 is 2.67 bits per heavy atom. The monoisotopic (exact) mass is 303 g/mol. The van der Waals surface area contributed by atoms with Gasteiger partial charge in [-0.2, -0.15) is 0 Å². The number of hydrogen-bond acceptors (Lipinski definition) is 4. The molecule has 112 valence electrons. The summed E-state index contributed by atoms with van der Waals surface area (Å²) >= 11 is 1.44. The van der Waals surface area contributed by atoms with Gasteiger partial charge in [-0.1, -0.05) is 30.3 Å². The smallest absolute Gasteiger partial charge is 0.316 e. The van der Waals surface area contributed by atoms with Crippen LogP contribution in [0.5, 0.6) is 0 Å². The molecule has 1 aromatic carbocycles. The van der Waals surface area contributed by atoms with Crippen LogP contribution >= 0.6 is 11.8 Å². The first-order valence-electron chi connectivity index (χ1n) is 7.18. The number of pyridine rings is 1. The molecule has 21 heavy (non-hydrogen) atoms. The van der Waals surface area contributed by atoms with Crippen LogP contribution < -0.4 is 0 Å². The number of benzene rings is 1. The molecule has 0 fully saturated rings. The van der Waals surface area contributed by atoms with Gasteiger partial charge in [0, 0.05) is 5.39 Å². The zero-order chi connectivity index (χ0) is 15.4. The standard InChI is InChI=1S/C17H21NO2S/c1-5-6-20-16(19)10-21-15-9-12(3)14-8-11(2)7-13(4)17(14)18-15/h7-9H,5-6,10H2,1-4H3. The number of carbonyl (C=O) groups is 1. The quantitative estimate of drug-likeness (QED) is 0.613. The lowest BCUT2D eigenvalue weighted by atomic mass is 10.0. The van der Waals surface area contributed by atoms with Crippen LogP contribution in [0.3, 0.4) is 0 Å². The van der Waals surface area contributed by atoms with E-state index in [1.54, 1.807) is 0 Å². The molecule has 0 saturated heterocycles. The van der Waals surface area contributed by atoms with Crippen molar-refractivity contribution < 1.29 is 9.53 Å². The number of thioether (sulfide) groups is 1. The highest BCUT2D eigenvalue weighted by Gasteiger charge is 2.09. The highest BCUT2D eigenvalue weighted by molar-refractivity contribution is 7.99. The maximum absolute atomic E-state index is 11.6. The minimum atomic E-state index is -0.179. The fourth-order valence-electron chi connectivity index (χ4n) is 2.28. The Morgan fingerprint density at radius 1 is 1.19 bits per heavy atom. The van der Waals surface area contributed by atoms with Gasteiger partial charge < -0.3 is 4.74 Å². The predicted octanol–water partition coefficient (Wildman–Crippen LogP) is 4.21. The molecular weight excluding hydrogens is 282 g/mol. The maximum atomic E-state index is 11.6. The van der Waals surface area contributed by atoms with Crippen molar-refractivity contribution in [2.45, 2.75) is 39.1 Å². The minimum Gasteiger partial charge on any atom is -0.465 e. The molecule has 0 aliphatic carbocycles. The summed E-state index contributed by atoms with van der Waals surface area (Å²) in [5, 5.41) is 2.06. The molecular formula is C17H21NO2S. The van der Waals surface area contributed by atoms with E-state index in [9.17, 15) is 4.79 Å². The molecule has 0 saturated carbocycles. The van der Waals surface area contributed by atoms with Crippen molar-refractivity contribution in [2.75, 3.05) is 12.4 Å². The van der Waals surface area contributed by atoms with E-state index in [1.807, 2.05) is 13.0 Å². The number of esters is 1. The number of hydrogen-bond donors (Lipinski definition) is 0. The summed E-state index contributed by atoms with van der Waals surface area (Å²) < 4.78 is 5.08. The normalized spacial score (nSPS) is 10.9. The summed E-state index contributed by atoms with van der Waals surface area (Å²) in [7, 11) is 0. The molecule has 2 rings (SSSR count). The summed E-state index contributed by atoms with van der Waals surface area (Å²) in [4.78, 5) is 16.2. The molecule has 0 aliphatic rings. The minimum absolute atomic E-state index is 0.179. The van der Waals surface area contributed by atoms with E-state index in [2.05, 4.69) is 37.9 Å². The van der Waals surface area contributed by atoms with E-state index in [-0.39, 0.29) is 5.97 Å². The summed E-state index contributed by atoms with van der Waals surface area (Å²) in [5.74, 6) is 0.130. The lowest BCUT2D eigenvalue weighted by Gasteiger charge is -2.09. The molecule has 1 aromatic heterocycles. The molecule has 0 spiro atoms. The maximum Gasteiger partial charge on any atom is 0.316 e. The Bertz CT molecular complexity index is 667. The second-order valence-corrected chi connectivity index (χ2v) is 6.26. The highest BCUT2D eigenvalue weighted by atomic mass is 32.2. The van der Waals surface area contributed by atoms with E-state index in [4.69, 9.17) is 4.74 Å². The molecule has 0 bridgehead atoms. The van der Waals surface area contributed by atoms with Crippen LogP contribution in [0.4, 0.5) is 0 Å². The van der Waals surface area contributed by atoms with Crippen LogP contribution in [0.15, 0.2) is 23.2 Å². The van der Waals surface area contributed by atoms with E-state index in [1.165, 1.54) is 33.8 Å². The first-order chi connectivity index (χ1) is 10.0. The number of fused-ring (bicyclic) bond motifs is 1. The van der Waals surface area contributed by atoms with Crippen LogP contribution in [0, 0.1) is 20.8 Å². The fourth-order valence-corrected chi connectivity index (χ4v) is 3.04. The third kappa shape index (κ3) is 3.97. The molecule has 0 N–H and O–H groups in total. The van der Waals surface area contributed by atoms with Crippen LogP contribution in [-0.4, -0.2) is 23.3 Å². The van der Waals surface area contributed by atoms with Gasteiger partial charge in [0.05, 0.1) is 22.9 Å². The topological polar surface area (TPSA) is 39.2 Å². The van der Waals surface area contributed by atoms with Crippen molar-refractivity contribution in [3.05, 3.63) is 34.9 Å². The summed E-state index contributed by atoms with van der Waals surface area (Å²) in [6.07, 6.45) is 0.849. The summed E-state index contributed by atoms with van der Waals surface area (Å²) in [6, 6.07) is 6.34. The van der Waals surface area contributed by atoms with Gasteiger partial charge in [0.2, 0.25) is 0 Å². The SMILES string of the molecule is CCCOC(=O)CSc1cc(C)c2cc(C)cc(C)c2n1. The number of nitrogens with zero attached hydrogens (tertiary/aromatic N) is 1. The number of ether oxygens (including phenoxy) is 1. The van der Waals surface area contributed by atoms with Gasteiger partial charge in [-0.3, -0.25) is 4.79 Å². The fraction of sp³-hybridized carbons (Fsp3) is 0.412. The number of carbonyl (C=O) groups excluding carboxylic acids is 1. The van der Waals surface area contributed by atoms with E-state index >= 15 is 0 Å². The van der Waals surface area contributed by atoms with Gasteiger partial charge in [-0.25, -0.2) is 4.98 Å². The van der Waals surface area contributed by atoms with Crippen molar-refractivity contribution in [1.29, 1.82) is 0 Å². The van der Waals surface area contributed by atoms with Gasteiger partial charge >= 0.3 is 5.97 Å². The molecule has 1 heterocycles. The molecule has 0 radical (unpaired) electrons. The van der Waals surface area contributed by atoms with Crippen molar-refractivity contribution in [3.63, 3.8) is 0 Å². The number of aromatic nitrogens is 1. The molecule has 3 nitrogen and oxygen atoms in total. The Hall–Kier alpha value is -1.55. The van der Waals surface area contributed by atoms with Crippen LogP contribution in [0.1, 0.15) is 30.0 Å². The molecule has 0 unspecified atom stereocenters. The highest BCUT2D eigenvalue weighted by Crippen LogP contribution is 2.26. The first-order valence-corrected chi connectivity index (χ1v) is 8.17. The average Bonchev–Trinajstić information content (AvgIpc) is 2.44. The Balaban J connectivity index is 2.20. The van der Waals surface area contributed by atoms with Crippen molar-refractivity contribution in [3.8, 4) is 0 Å².